The molecule has 3 rings (SSSR count). The van der Waals surface area contributed by atoms with E-state index < -0.39 is 0 Å². The highest BCUT2D eigenvalue weighted by Crippen LogP contribution is 2.26. The van der Waals surface area contributed by atoms with Crippen LogP contribution in [-0.2, 0) is 18.5 Å². The molecule has 6 nitrogen and oxygen atoms in total. The molecule has 0 radical (unpaired) electrons. The lowest BCUT2D eigenvalue weighted by Crippen LogP contribution is -2.48. The van der Waals surface area contributed by atoms with Crippen LogP contribution in [0.3, 0.4) is 0 Å². The van der Waals surface area contributed by atoms with E-state index >= 15 is 0 Å². The van der Waals surface area contributed by atoms with E-state index in [0.717, 1.165) is 43.4 Å². The van der Waals surface area contributed by atoms with E-state index in [0.29, 0.717) is 12.2 Å². The molecule has 0 saturated carbocycles. The van der Waals surface area contributed by atoms with Crippen LogP contribution in [-0.4, -0.2) is 51.9 Å². The highest BCUT2D eigenvalue weighted by atomic mass is 32.1. The van der Waals surface area contributed by atoms with Gasteiger partial charge in [-0.15, -0.1) is 22.7 Å². The molecule has 2 aromatic heterocycles. The van der Waals surface area contributed by atoms with Gasteiger partial charge in [0.1, 0.15) is 10.7 Å². The number of hydrogen-bond acceptors (Lipinski definition) is 7. The SMILES string of the molecule is CC(C)(C)c1nc(CN2CCN(C(=O)c3csc(CN)n3)CC2)cs1. The molecule has 1 amide bonds. The van der Waals surface area contributed by atoms with E-state index in [2.05, 4.69) is 36.0 Å². The molecule has 0 bridgehead atoms. The summed E-state index contributed by atoms with van der Waals surface area (Å²) in [5.74, 6) is 0.0132. The molecule has 1 fully saturated rings. The van der Waals surface area contributed by atoms with Crippen molar-refractivity contribution in [1.29, 1.82) is 0 Å². The molecule has 0 unspecified atom stereocenters. The lowest BCUT2D eigenvalue weighted by Gasteiger charge is -2.34. The molecule has 0 aliphatic carbocycles. The van der Waals surface area contributed by atoms with Gasteiger partial charge in [-0.3, -0.25) is 9.69 Å². The van der Waals surface area contributed by atoms with Crippen LogP contribution in [0.4, 0.5) is 0 Å². The van der Waals surface area contributed by atoms with Gasteiger partial charge in [0.25, 0.3) is 5.91 Å². The predicted octanol–water partition coefficient (Wildman–Crippen LogP) is 2.31. The van der Waals surface area contributed by atoms with Crippen molar-refractivity contribution in [2.24, 2.45) is 5.73 Å². The smallest absolute Gasteiger partial charge is 0.273 e. The minimum atomic E-state index is 0.0132. The Morgan fingerprint density at radius 2 is 1.88 bits per heavy atom. The van der Waals surface area contributed by atoms with Crippen LogP contribution in [0.25, 0.3) is 0 Å². The molecule has 136 valence electrons. The monoisotopic (exact) mass is 379 g/mol. The van der Waals surface area contributed by atoms with Crippen LogP contribution in [0, 0.1) is 0 Å². The summed E-state index contributed by atoms with van der Waals surface area (Å²) in [5, 5.41) is 5.94. The first-order valence-corrected chi connectivity index (χ1v) is 10.2. The summed E-state index contributed by atoms with van der Waals surface area (Å²) in [7, 11) is 0. The Labute approximate surface area is 156 Å². The van der Waals surface area contributed by atoms with Crippen molar-refractivity contribution < 1.29 is 4.79 Å². The molecule has 25 heavy (non-hydrogen) atoms. The molecular formula is C17H25N5OS2. The topological polar surface area (TPSA) is 75.4 Å². The van der Waals surface area contributed by atoms with Crippen molar-refractivity contribution in [2.75, 3.05) is 26.2 Å². The number of carbonyl (C=O) groups is 1. The van der Waals surface area contributed by atoms with Gasteiger partial charge in [-0.25, -0.2) is 9.97 Å². The van der Waals surface area contributed by atoms with Gasteiger partial charge in [-0.2, -0.15) is 0 Å². The third-order valence-corrected chi connectivity index (χ3v) is 6.37. The standard InChI is InChI=1S/C17H25N5OS2/c1-17(2,3)16-19-12(10-25-16)9-21-4-6-22(7-5-21)15(23)13-11-24-14(8-18)20-13/h10-11H,4-9,18H2,1-3H3. The second kappa shape index (κ2) is 7.49. The van der Waals surface area contributed by atoms with Gasteiger partial charge in [0.15, 0.2) is 0 Å². The minimum absolute atomic E-state index is 0.0132. The maximum Gasteiger partial charge on any atom is 0.273 e. The second-order valence-corrected chi connectivity index (χ2v) is 9.09. The second-order valence-electron chi connectivity index (χ2n) is 7.29. The fourth-order valence-corrected chi connectivity index (χ4v) is 4.27. The van der Waals surface area contributed by atoms with Crippen LogP contribution in [0.5, 0.6) is 0 Å². The summed E-state index contributed by atoms with van der Waals surface area (Å²) in [4.78, 5) is 25.8. The van der Waals surface area contributed by atoms with Crippen molar-refractivity contribution in [3.8, 4) is 0 Å². The van der Waals surface area contributed by atoms with Crippen molar-refractivity contribution in [2.45, 2.75) is 39.3 Å². The largest absolute Gasteiger partial charge is 0.335 e. The number of amides is 1. The summed E-state index contributed by atoms with van der Waals surface area (Å²) < 4.78 is 0. The Bertz CT molecular complexity index is 725. The zero-order chi connectivity index (χ0) is 18.0. The van der Waals surface area contributed by atoms with Gasteiger partial charge in [-0.05, 0) is 0 Å². The Hall–Kier alpha value is -1.35. The third-order valence-electron chi connectivity index (χ3n) is 4.18. The van der Waals surface area contributed by atoms with Gasteiger partial charge in [-0.1, -0.05) is 20.8 Å². The molecule has 8 heteroatoms. The van der Waals surface area contributed by atoms with E-state index in [1.54, 1.807) is 16.7 Å². The number of rotatable bonds is 4. The van der Waals surface area contributed by atoms with Crippen LogP contribution < -0.4 is 5.73 Å². The number of carbonyl (C=O) groups excluding carboxylic acids is 1. The Balaban J connectivity index is 1.53. The fraction of sp³-hybridized carbons (Fsp3) is 0.588. The Morgan fingerprint density at radius 1 is 1.16 bits per heavy atom. The van der Waals surface area contributed by atoms with Crippen LogP contribution in [0.15, 0.2) is 10.8 Å². The Kier molecular flexibility index (Phi) is 5.52. The molecular weight excluding hydrogens is 354 g/mol. The molecule has 0 aromatic carbocycles. The molecule has 3 heterocycles. The minimum Gasteiger partial charge on any atom is -0.335 e. The van der Waals surface area contributed by atoms with E-state index in [9.17, 15) is 4.79 Å². The highest BCUT2D eigenvalue weighted by Gasteiger charge is 2.25. The zero-order valence-corrected chi connectivity index (χ0v) is 16.6. The van der Waals surface area contributed by atoms with Gasteiger partial charge in [0.2, 0.25) is 0 Å². The van der Waals surface area contributed by atoms with Gasteiger partial charge in [0.05, 0.1) is 10.7 Å². The van der Waals surface area contributed by atoms with Crippen LogP contribution in [0.2, 0.25) is 0 Å². The quantitative estimate of drug-likeness (QED) is 0.882. The van der Waals surface area contributed by atoms with Gasteiger partial charge >= 0.3 is 0 Å². The van der Waals surface area contributed by atoms with Gasteiger partial charge in [0, 0.05) is 55.4 Å². The predicted molar refractivity (Wildman–Crippen MR) is 102 cm³/mol. The summed E-state index contributed by atoms with van der Waals surface area (Å²) in [6.07, 6.45) is 0. The molecule has 1 saturated heterocycles. The summed E-state index contributed by atoms with van der Waals surface area (Å²) >= 11 is 3.18. The number of nitrogens with two attached hydrogens (primary N) is 1. The summed E-state index contributed by atoms with van der Waals surface area (Å²) in [5.41, 5.74) is 7.32. The highest BCUT2D eigenvalue weighted by molar-refractivity contribution is 7.10. The lowest BCUT2D eigenvalue weighted by molar-refractivity contribution is 0.0622. The van der Waals surface area contributed by atoms with Crippen molar-refractivity contribution >= 4 is 28.6 Å². The molecule has 0 spiro atoms. The first-order valence-electron chi connectivity index (χ1n) is 8.48. The molecule has 1 aliphatic rings. The number of nitrogens with zero attached hydrogens (tertiary/aromatic N) is 4. The molecule has 2 N–H and O–H groups in total. The van der Waals surface area contributed by atoms with Crippen LogP contribution >= 0.6 is 22.7 Å². The van der Waals surface area contributed by atoms with E-state index in [1.165, 1.54) is 16.3 Å². The molecule has 2 aromatic rings. The van der Waals surface area contributed by atoms with Crippen molar-refractivity contribution in [1.82, 2.24) is 19.8 Å². The molecule has 1 aliphatic heterocycles. The van der Waals surface area contributed by atoms with E-state index in [-0.39, 0.29) is 11.3 Å². The lowest BCUT2D eigenvalue weighted by atomic mass is 9.98. The van der Waals surface area contributed by atoms with E-state index in [1.807, 2.05) is 4.90 Å². The van der Waals surface area contributed by atoms with Crippen molar-refractivity contribution in [3.63, 3.8) is 0 Å². The normalized spacial score (nSPS) is 16.4. The Morgan fingerprint density at radius 3 is 2.44 bits per heavy atom. The molecule has 0 atom stereocenters. The zero-order valence-electron chi connectivity index (χ0n) is 15.0. The van der Waals surface area contributed by atoms with E-state index in [4.69, 9.17) is 10.7 Å². The number of aromatic nitrogens is 2. The van der Waals surface area contributed by atoms with Gasteiger partial charge < -0.3 is 10.6 Å². The van der Waals surface area contributed by atoms with Crippen LogP contribution in [0.1, 0.15) is 47.0 Å². The van der Waals surface area contributed by atoms with Crippen molar-refractivity contribution in [3.05, 3.63) is 32.2 Å². The number of piperazine rings is 1. The summed E-state index contributed by atoms with van der Waals surface area (Å²) in [6.45, 7) is 11.0. The third kappa shape index (κ3) is 4.44. The fourth-order valence-electron chi connectivity index (χ4n) is 2.73. The summed E-state index contributed by atoms with van der Waals surface area (Å²) in [6, 6.07) is 0. The average molecular weight is 380 g/mol. The maximum atomic E-state index is 12.5. The number of thiazole rings is 2. The first-order chi connectivity index (χ1) is 11.9. The average Bonchev–Trinajstić information content (AvgIpc) is 3.23. The first kappa shape index (κ1) is 18.4. The number of hydrogen-bond donors (Lipinski definition) is 1. The maximum absolute atomic E-state index is 12.5.